The topological polar surface area (TPSA) is 121 Å². The summed E-state index contributed by atoms with van der Waals surface area (Å²) in [4.78, 5) is 34.5. The van der Waals surface area contributed by atoms with Crippen LogP contribution in [0.5, 0.6) is 0 Å². The zero-order valence-electron chi connectivity index (χ0n) is 13.3. The van der Waals surface area contributed by atoms with E-state index in [4.69, 9.17) is 13.9 Å². The van der Waals surface area contributed by atoms with Gasteiger partial charge in [-0.2, -0.15) is 0 Å². The van der Waals surface area contributed by atoms with Crippen molar-refractivity contribution in [1.29, 1.82) is 0 Å². The summed E-state index contributed by atoms with van der Waals surface area (Å²) in [7, 11) is 0. The van der Waals surface area contributed by atoms with Crippen molar-refractivity contribution in [2.75, 3.05) is 18.5 Å². The normalized spacial score (nSPS) is 10.6. The van der Waals surface area contributed by atoms with Crippen molar-refractivity contribution in [3.05, 3.63) is 35.2 Å². The Balaban J connectivity index is 1.74. The van der Waals surface area contributed by atoms with Gasteiger partial charge >= 0.3 is 11.9 Å². The number of ether oxygens (including phenoxy) is 2. The molecule has 0 aliphatic heterocycles. The van der Waals surface area contributed by atoms with Gasteiger partial charge in [0.25, 0.3) is 5.91 Å². The van der Waals surface area contributed by atoms with Crippen molar-refractivity contribution < 1.29 is 28.3 Å². The maximum absolute atomic E-state index is 11.7. The molecule has 0 spiro atoms. The molecule has 2 rings (SSSR count). The Bertz CT molecular complexity index is 753. The number of esters is 2. The second-order valence-electron chi connectivity index (χ2n) is 4.49. The summed E-state index contributed by atoms with van der Waals surface area (Å²) in [6, 6.07) is 3.34. The van der Waals surface area contributed by atoms with Crippen LogP contribution in [-0.4, -0.2) is 41.3 Å². The molecular weight excluding hydrogens is 350 g/mol. The van der Waals surface area contributed by atoms with Gasteiger partial charge in [0.15, 0.2) is 6.61 Å². The van der Waals surface area contributed by atoms with Crippen LogP contribution in [0.25, 0.3) is 6.08 Å². The molecule has 0 saturated carbocycles. The van der Waals surface area contributed by atoms with Crippen LogP contribution in [0.3, 0.4) is 0 Å². The van der Waals surface area contributed by atoms with Crippen LogP contribution in [0.4, 0.5) is 5.13 Å². The summed E-state index contributed by atoms with van der Waals surface area (Å²) < 4.78 is 14.6. The Kier molecular flexibility index (Phi) is 6.84. The van der Waals surface area contributed by atoms with E-state index in [1.165, 1.54) is 12.3 Å². The lowest BCUT2D eigenvalue weighted by Crippen LogP contribution is -2.20. The van der Waals surface area contributed by atoms with Crippen LogP contribution < -0.4 is 5.32 Å². The molecule has 132 valence electrons. The first kappa shape index (κ1) is 18.3. The monoisotopic (exact) mass is 365 g/mol. The molecule has 1 amide bonds. The molecule has 10 heteroatoms. The number of carbonyl (C=O) groups is 3. The molecule has 0 bridgehead atoms. The Morgan fingerprint density at radius 3 is 2.88 bits per heavy atom. The largest absolute Gasteiger partial charge is 0.466 e. The lowest BCUT2D eigenvalue weighted by Gasteiger charge is -2.01. The van der Waals surface area contributed by atoms with E-state index >= 15 is 0 Å². The summed E-state index contributed by atoms with van der Waals surface area (Å²) in [5.74, 6) is -1.19. The van der Waals surface area contributed by atoms with Crippen molar-refractivity contribution in [3.63, 3.8) is 0 Å². The Hall–Kier alpha value is -3.01. The smallest absolute Gasteiger partial charge is 0.331 e. The third-order valence-corrected chi connectivity index (χ3v) is 3.43. The first-order valence-corrected chi connectivity index (χ1v) is 8.04. The van der Waals surface area contributed by atoms with Crippen LogP contribution in [0.15, 0.2) is 28.9 Å². The minimum Gasteiger partial charge on any atom is -0.466 e. The molecule has 0 aromatic carbocycles. The molecule has 0 radical (unpaired) electrons. The molecule has 0 aliphatic rings. The molecule has 2 aromatic heterocycles. The highest BCUT2D eigenvalue weighted by Crippen LogP contribution is 2.15. The molecule has 0 atom stereocenters. The number of anilines is 1. The predicted octanol–water partition coefficient (Wildman–Crippen LogP) is 1.43. The van der Waals surface area contributed by atoms with Gasteiger partial charge in [0.1, 0.15) is 10.8 Å². The summed E-state index contributed by atoms with van der Waals surface area (Å²) in [6.07, 6.45) is 4.02. The molecule has 1 N–H and O–H groups in total. The second kappa shape index (κ2) is 9.33. The van der Waals surface area contributed by atoms with Gasteiger partial charge in [0.2, 0.25) is 5.13 Å². The van der Waals surface area contributed by atoms with Gasteiger partial charge in [-0.1, -0.05) is 11.3 Å². The highest BCUT2D eigenvalue weighted by atomic mass is 32.1. The molecule has 0 aliphatic carbocycles. The fraction of sp³-hybridized carbons (Fsp3) is 0.267. The fourth-order valence-corrected chi connectivity index (χ4v) is 2.33. The van der Waals surface area contributed by atoms with Gasteiger partial charge in [-0.3, -0.25) is 14.9 Å². The first-order valence-electron chi connectivity index (χ1n) is 7.23. The number of rotatable bonds is 8. The third kappa shape index (κ3) is 6.55. The molecule has 9 nitrogen and oxygen atoms in total. The standard InChI is InChI=1S/C15H15N3O6S/c1-2-22-14(21)8-12-17-18-15(25-12)16-11(19)9-24-13(20)6-5-10-4-3-7-23-10/h3-7H,2,8-9H2,1H3,(H,16,18,19). The van der Waals surface area contributed by atoms with Gasteiger partial charge in [-0.15, -0.1) is 10.2 Å². The number of nitrogens with zero attached hydrogens (tertiary/aromatic N) is 2. The van der Waals surface area contributed by atoms with Crippen molar-refractivity contribution in [2.45, 2.75) is 13.3 Å². The number of hydrogen-bond acceptors (Lipinski definition) is 9. The minimum absolute atomic E-state index is 0.0199. The average molecular weight is 365 g/mol. The number of nitrogens with one attached hydrogen (secondary N) is 1. The molecule has 25 heavy (non-hydrogen) atoms. The SMILES string of the molecule is CCOC(=O)Cc1nnc(NC(=O)COC(=O)C=Cc2ccco2)s1. The molecular formula is C15H15N3O6S. The molecule has 2 aromatic rings. The number of furan rings is 1. The quantitative estimate of drug-likeness (QED) is 0.551. The van der Waals surface area contributed by atoms with Gasteiger partial charge < -0.3 is 13.9 Å². The van der Waals surface area contributed by atoms with E-state index in [0.717, 1.165) is 17.4 Å². The number of carbonyl (C=O) groups excluding carboxylic acids is 3. The highest BCUT2D eigenvalue weighted by Gasteiger charge is 2.12. The summed E-state index contributed by atoms with van der Waals surface area (Å²) in [5, 5.41) is 10.5. The predicted molar refractivity (Wildman–Crippen MR) is 87.6 cm³/mol. The molecule has 0 unspecified atom stereocenters. The lowest BCUT2D eigenvalue weighted by molar-refractivity contribution is -0.142. The van der Waals surface area contributed by atoms with Crippen LogP contribution in [-0.2, 0) is 30.3 Å². The van der Waals surface area contributed by atoms with Crippen molar-refractivity contribution in [2.24, 2.45) is 0 Å². The van der Waals surface area contributed by atoms with Gasteiger partial charge in [-0.25, -0.2) is 4.79 Å². The number of hydrogen-bond donors (Lipinski definition) is 1. The van der Waals surface area contributed by atoms with E-state index in [1.54, 1.807) is 19.1 Å². The number of aromatic nitrogens is 2. The summed E-state index contributed by atoms with van der Waals surface area (Å²) in [5.41, 5.74) is 0. The Labute approximate surface area is 146 Å². The Morgan fingerprint density at radius 2 is 2.16 bits per heavy atom. The molecule has 0 saturated heterocycles. The van der Waals surface area contributed by atoms with Gasteiger partial charge in [-0.05, 0) is 25.1 Å². The van der Waals surface area contributed by atoms with E-state index < -0.39 is 24.5 Å². The van der Waals surface area contributed by atoms with Gasteiger partial charge in [0, 0.05) is 6.08 Å². The summed E-state index contributed by atoms with van der Waals surface area (Å²) >= 11 is 1.04. The van der Waals surface area contributed by atoms with E-state index in [0.29, 0.717) is 10.8 Å². The molecule has 2 heterocycles. The van der Waals surface area contributed by atoms with E-state index in [2.05, 4.69) is 15.5 Å². The summed E-state index contributed by atoms with van der Waals surface area (Å²) in [6.45, 7) is 1.50. The zero-order chi connectivity index (χ0) is 18.1. The van der Waals surface area contributed by atoms with E-state index in [9.17, 15) is 14.4 Å². The van der Waals surface area contributed by atoms with Crippen molar-refractivity contribution in [1.82, 2.24) is 10.2 Å². The third-order valence-electron chi connectivity index (χ3n) is 2.59. The lowest BCUT2D eigenvalue weighted by atomic mass is 10.4. The average Bonchev–Trinajstić information content (AvgIpc) is 3.23. The van der Waals surface area contributed by atoms with Crippen LogP contribution in [0.2, 0.25) is 0 Å². The fourth-order valence-electron chi connectivity index (χ4n) is 1.59. The van der Waals surface area contributed by atoms with Gasteiger partial charge in [0.05, 0.1) is 19.3 Å². The van der Waals surface area contributed by atoms with Crippen molar-refractivity contribution in [3.8, 4) is 0 Å². The highest BCUT2D eigenvalue weighted by molar-refractivity contribution is 7.15. The Morgan fingerprint density at radius 1 is 1.32 bits per heavy atom. The van der Waals surface area contributed by atoms with Crippen LogP contribution >= 0.6 is 11.3 Å². The van der Waals surface area contributed by atoms with Crippen LogP contribution in [0, 0.1) is 0 Å². The maximum atomic E-state index is 11.7. The van der Waals surface area contributed by atoms with Crippen LogP contribution in [0.1, 0.15) is 17.7 Å². The van der Waals surface area contributed by atoms with E-state index in [-0.39, 0.29) is 18.2 Å². The second-order valence-corrected chi connectivity index (χ2v) is 5.55. The van der Waals surface area contributed by atoms with E-state index in [1.807, 2.05) is 0 Å². The maximum Gasteiger partial charge on any atom is 0.331 e. The number of amides is 1. The molecule has 0 fully saturated rings. The first-order chi connectivity index (χ1) is 12.1. The van der Waals surface area contributed by atoms with Crippen molar-refractivity contribution >= 4 is 40.4 Å². The zero-order valence-corrected chi connectivity index (χ0v) is 14.1. The minimum atomic E-state index is -0.688.